The van der Waals surface area contributed by atoms with Crippen molar-refractivity contribution in [2.75, 3.05) is 23.7 Å². The monoisotopic (exact) mass is 194 g/mol. The minimum atomic E-state index is -0.679. The number of piperidine rings is 1. The Hall–Kier alpha value is -1.25. The maximum Gasteiger partial charge on any atom is 0.118 e. The smallest absolute Gasteiger partial charge is 0.118 e. The van der Waals surface area contributed by atoms with Crippen LogP contribution in [0.3, 0.4) is 0 Å². The van der Waals surface area contributed by atoms with Crippen molar-refractivity contribution >= 4 is 11.4 Å². The second kappa shape index (κ2) is 3.86. The molecule has 1 saturated heterocycles. The van der Waals surface area contributed by atoms with E-state index < -0.39 is 6.17 Å². The van der Waals surface area contributed by atoms with Crippen LogP contribution in [0.25, 0.3) is 0 Å². The van der Waals surface area contributed by atoms with Gasteiger partial charge in [0, 0.05) is 24.5 Å². The molecule has 0 radical (unpaired) electrons. The van der Waals surface area contributed by atoms with E-state index in [9.17, 15) is 4.39 Å². The lowest BCUT2D eigenvalue weighted by Crippen LogP contribution is -2.36. The molecule has 3 heteroatoms. The predicted octanol–water partition coefficient (Wildman–Crippen LogP) is 2.21. The Morgan fingerprint density at radius 3 is 2.64 bits per heavy atom. The van der Waals surface area contributed by atoms with Crippen molar-refractivity contribution in [1.82, 2.24) is 0 Å². The van der Waals surface area contributed by atoms with Crippen LogP contribution < -0.4 is 10.6 Å². The average molecular weight is 194 g/mol. The van der Waals surface area contributed by atoms with Gasteiger partial charge in [-0.25, -0.2) is 4.39 Å². The minimum Gasteiger partial charge on any atom is -0.399 e. The second-order valence-corrected chi connectivity index (χ2v) is 3.78. The molecule has 0 unspecified atom stereocenters. The number of hydrogen-bond acceptors (Lipinski definition) is 2. The zero-order valence-corrected chi connectivity index (χ0v) is 8.12. The minimum absolute atomic E-state index is 0.518. The van der Waals surface area contributed by atoms with Gasteiger partial charge >= 0.3 is 0 Å². The van der Waals surface area contributed by atoms with Crippen LogP contribution in [0.15, 0.2) is 24.3 Å². The molecule has 1 atom stereocenters. The molecule has 76 valence electrons. The van der Waals surface area contributed by atoms with Gasteiger partial charge in [-0.15, -0.1) is 0 Å². The van der Waals surface area contributed by atoms with Gasteiger partial charge in [0.15, 0.2) is 0 Å². The van der Waals surface area contributed by atoms with E-state index in [1.165, 1.54) is 0 Å². The number of halogens is 1. The van der Waals surface area contributed by atoms with Crippen LogP contribution in [0, 0.1) is 0 Å². The van der Waals surface area contributed by atoms with Crippen molar-refractivity contribution in [3.63, 3.8) is 0 Å². The quantitative estimate of drug-likeness (QED) is 0.694. The zero-order chi connectivity index (χ0) is 9.97. The molecule has 2 rings (SSSR count). The first-order valence-corrected chi connectivity index (χ1v) is 5.00. The number of nitrogens with zero attached hydrogens (tertiary/aromatic N) is 1. The van der Waals surface area contributed by atoms with Crippen LogP contribution in [0.5, 0.6) is 0 Å². The fraction of sp³-hybridized carbons (Fsp3) is 0.455. The summed E-state index contributed by atoms with van der Waals surface area (Å²) in [7, 11) is 0. The average Bonchev–Trinajstić information content (AvgIpc) is 2.19. The Morgan fingerprint density at radius 2 is 2.00 bits per heavy atom. The van der Waals surface area contributed by atoms with Crippen molar-refractivity contribution < 1.29 is 4.39 Å². The molecule has 0 saturated carbocycles. The third-order valence-electron chi connectivity index (χ3n) is 2.62. The van der Waals surface area contributed by atoms with E-state index in [0.29, 0.717) is 13.0 Å². The molecule has 1 heterocycles. The van der Waals surface area contributed by atoms with Crippen molar-refractivity contribution in [3.8, 4) is 0 Å². The highest BCUT2D eigenvalue weighted by Crippen LogP contribution is 2.22. The largest absolute Gasteiger partial charge is 0.399 e. The van der Waals surface area contributed by atoms with Gasteiger partial charge in [0.05, 0.1) is 0 Å². The maximum atomic E-state index is 13.1. The third-order valence-corrected chi connectivity index (χ3v) is 2.62. The first kappa shape index (κ1) is 9.31. The van der Waals surface area contributed by atoms with Crippen molar-refractivity contribution in [3.05, 3.63) is 24.3 Å². The highest BCUT2D eigenvalue weighted by molar-refractivity contribution is 5.53. The Bertz CT molecular complexity index is 297. The molecule has 1 aromatic rings. The van der Waals surface area contributed by atoms with Gasteiger partial charge < -0.3 is 10.6 Å². The van der Waals surface area contributed by atoms with Gasteiger partial charge in [0.2, 0.25) is 0 Å². The molecule has 1 aliphatic heterocycles. The summed E-state index contributed by atoms with van der Waals surface area (Å²) in [5.41, 5.74) is 7.41. The van der Waals surface area contributed by atoms with Crippen LogP contribution in [-0.2, 0) is 0 Å². The third kappa shape index (κ3) is 1.97. The molecule has 2 N–H and O–H groups in total. The highest BCUT2D eigenvalue weighted by atomic mass is 19.1. The summed E-state index contributed by atoms with van der Waals surface area (Å²) in [5.74, 6) is 0. The predicted molar refractivity (Wildman–Crippen MR) is 57.2 cm³/mol. The van der Waals surface area contributed by atoms with E-state index in [1.807, 2.05) is 24.3 Å². The summed E-state index contributed by atoms with van der Waals surface area (Å²) in [4.78, 5) is 2.08. The van der Waals surface area contributed by atoms with Gasteiger partial charge in [-0.2, -0.15) is 0 Å². The summed E-state index contributed by atoms with van der Waals surface area (Å²) in [5, 5.41) is 0. The molecular weight excluding hydrogens is 179 g/mol. The topological polar surface area (TPSA) is 29.3 Å². The highest BCUT2D eigenvalue weighted by Gasteiger charge is 2.18. The second-order valence-electron chi connectivity index (χ2n) is 3.78. The SMILES string of the molecule is Nc1ccc(N2CCC[C@@H](F)C2)cc1. The van der Waals surface area contributed by atoms with E-state index in [1.54, 1.807) is 0 Å². The summed E-state index contributed by atoms with van der Waals surface area (Å²) in [6.07, 6.45) is 0.957. The molecule has 0 aromatic heterocycles. The fourth-order valence-electron chi connectivity index (χ4n) is 1.84. The van der Waals surface area contributed by atoms with Crippen LogP contribution in [-0.4, -0.2) is 19.3 Å². The normalized spacial score (nSPS) is 22.4. The molecule has 2 nitrogen and oxygen atoms in total. The summed E-state index contributed by atoms with van der Waals surface area (Å²) in [6, 6.07) is 7.62. The standard InChI is InChI=1S/C11H15FN2/c12-9-2-1-7-14(8-9)11-5-3-10(13)4-6-11/h3-6,9H,1-2,7-8,13H2/t9-/m1/s1. The van der Waals surface area contributed by atoms with E-state index in [2.05, 4.69) is 4.90 Å². The summed E-state index contributed by atoms with van der Waals surface area (Å²) in [6.45, 7) is 1.47. The molecule has 14 heavy (non-hydrogen) atoms. The first-order valence-electron chi connectivity index (χ1n) is 5.00. The van der Waals surface area contributed by atoms with Crippen molar-refractivity contribution in [2.45, 2.75) is 19.0 Å². The molecule has 1 fully saturated rings. The lowest BCUT2D eigenvalue weighted by atomic mass is 10.1. The molecule has 0 aliphatic carbocycles. The molecular formula is C11H15FN2. The van der Waals surface area contributed by atoms with Gasteiger partial charge in [0.1, 0.15) is 6.17 Å². The van der Waals surface area contributed by atoms with E-state index in [-0.39, 0.29) is 0 Å². The molecule has 1 aromatic carbocycles. The Kier molecular flexibility index (Phi) is 2.57. The number of benzene rings is 1. The molecule has 0 spiro atoms. The van der Waals surface area contributed by atoms with Gasteiger partial charge in [-0.1, -0.05) is 0 Å². The van der Waals surface area contributed by atoms with Crippen LogP contribution in [0.2, 0.25) is 0 Å². The Labute approximate surface area is 83.5 Å². The first-order chi connectivity index (χ1) is 6.75. The number of rotatable bonds is 1. The van der Waals surface area contributed by atoms with Gasteiger partial charge in [-0.3, -0.25) is 0 Å². The van der Waals surface area contributed by atoms with E-state index in [4.69, 9.17) is 5.73 Å². The van der Waals surface area contributed by atoms with Gasteiger partial charge in [-0.05, 0) is 37.1 Å². The van der Waals surface area contributed by atoms with Crippen LogP contribution in [0.1, 0.15) is 12.8 Å². The lowest BCUT2D eigenvalue weighted by molar-refractivity contribution is 0.287. The number of anilines is 2. The Balaban J connectivity index is 2.10. The summed E-state index contributed by atoms with van der Waals surface area (Å²) >= 11 is 0. The van der Waals surface area contributed by atoms with E-state index >= 15 is 0 Å². The molecule has 0 bridgehead atoms. The maximum absolute atomic E-state index is 13.1. The fourth-order valence-corrected chi connectivity index (χ4v) is 1.84. The van der Waals surface area contributed by atoms with Gasteiger partial charge in [0.25, 0.3) is 0 Å². The van der Waals surface area contributed by atoms with E-state index in [0.717, 1.165) is 24.3 Å². The zero-order valence-electron chi connectivity index (χ0n) is 8.12. The number of nitrogen functional groups attached to an aromatic ring is 1. The Morgan fingerprint density at radius 1 is 1.29 bits per heavy atom. The lowest BCUT2D eigenvalue weighted by Gasteiger charge is -2.30. The van der Waals surface area contributed by atoms with Crippen LogP contribution in [0.4, 0.5) is 15.8 Å². The van der Waals surface area contributed by atoms with Crippen molar-refractivity contribution in [1.29, 1.82) is 0 Å². The number of hydrogen-bond donors (Lipinski definition) is 1. The molecule has 0 amide bonds. The summed E-state index contributed by atoms with van der Waals surface area (Å²) < 4.78 is 13.1. The van der Waals surface area contributed by atoms with Crippen molar-refractivity contribution in [2.24, 2.45) is 0 Å². The molecule has 1 aliphatic rings. The van der Waals surface area contributed by atoms with Crippen LogP contribution >= 0.6 is 0 Å². The number of nitrogens with two attached hydrogens (primary N) is 1. The number of alkyl halides is 1.